The minimum Gasteiger partial charge on any atom is -0.443 e. The second-order valence-electron chi connectivity index (χ2n) is 4.48. The van der Waals surface area contributed by atoms with E-state index in [-0.39, 0.29) is 12.5 Å². The van der Waals surface area contributed by atoms with Gasteiger partial charge in [-0.15, -0.1) is 0 Å². The van der Waals surface area contributed by atoms with Gasteiger partial charge in [0.05, 0.1) is 0 Å². The molecule has 0 unspecified atom stereocenters. The lowest BCUT2D eigenvalue weighted by atomic mass is 10.2. The van der Waals surface area contributed by atoms with Crippen LogP contribution in [-0.2, 0) is 16.1 Å². The molecule has 2 rings (SSSR count). The summed E-state index contributed by atoms with van der Waals surface area (Å²) in [5, 5.41) is 2.79. The highest BCUT2D eigenvalue weighted by Gasteiger charge is 2.30. The fourth-order valence-electron chi connectivity index (χ4n) is 2.05. The molecule has 1 aromatic rings. The Morgan fingerprint density at radius 2 is 1.90 bits per heavy atom. The molecule has 2 amide bonds. The molecule has 1 saturated heterocycles. The Morgan fingerprint density at radius 3 is 2.60 bits per heavy atom. The number of allylic oxidation sites excluding steroid dienone is 1. The summed E-state index contributed by atoms with van der Waals surface area (Å²) in [7, 11) is 0. The molecule has 20 heavy (non-hydrogen) atoms. The summed E-state index contributed by atoms with van der Waals surface area (Å²) in [5.74, 6) is -0.193. The van der Waals surface area contributed by atoms with Crippen molar-refractivity contribution in [1.29, 1.82) is 0 Å². The van der Waals surface area contributed by atoms with Crippen LogP contribution in [0.5, 0.6) is 0 Å². The minimum atomic E-state index is -0.482. The zero-order valence-corrected chi connectivity index (χ0v) is 11.5. The molecule has 0 atom stereocenters. The molecule has 0 aliphatic carbocycles. The first-order chi connectivity index (χ1) is 9.72. The lowest BCUT2D eigenvalue weighted by Crippen LogP contribution is -2.44. The van der Waals surface area contributed by atoms with E-state index in [2.05, 4.69) is 0 Å². The number of nitrogens with zero attached hydrogens (tertiary/aromatic N) is 2. The van der Waals surface area contributed by atoms with Gasteiger partial charge >= 0.3 is 6.09 Å². The number of amides is 2. The third-order valence-electron chi connectivity index (χ3n) is 3.01. The van der Waals surface area contributed by atoms with Gasteiger partial charge in [0.2, 0.25) is 0 Å². The monoisotopic (exact) mass is 274 g/mol. The van der Waals surface area contributed by atoms with E-state index in [1.54, 1.807) is 13.0 Å². The molecule has 1 aromatic carbocycles. The van der Waals surface area contributed by atoms with Gasteiger partial charge < -0.3 is 4.74 Å². The van der Waals surface area contributed by atoms with Gasteiger partial charge in [0, 0.05) is 19.2 Å². The molecule has 5 heteroatoms. The summed E-state index contributed by atoms with van der Waals surface area (Å²) in [5.41, 5.74) is 0.923. The van der Waals surface area contributed by atoms with Gasteiger partial charge in [-0.2, -0.15) is 0 Å². The zero-order valence-electron chi connectivity index (χ0n) is 11.5. The van der Waals surface area contributed by atoms with Gasteiger partial charge in [-0.3, -0.25) is 4.79 Å². The Kier molecular flexibility index (Phi) is 4.76. The number of rotatable bonds is 3. The van der Waals surface area contributed by atoms with Gasteiger partial charge in [-0.05, 0) is 18.9 Å². The molecule has 1 aliphatic heterocycles. The normalized spacial score (nSPS) is 14.8. The van der Waals surface area contributed by atoms with E-state index in [4.69, 9.17) is 4.74 Å². The topological polar surface area (TPSA) is 49.9 Å². The standard InChI is InChI=1S/C15H18N2O3/c1-2-7-14(18)16-10-6-11-17(16)15(19)20-12-13-8-4-3-5-9-13/h2-5,7-9H,6,10-12H2,1H3/b7-2+. The van der Waals surface area contributed by atoms with E-state index in [1.165, 1.54) is 16.1 Å². The fourth-order valence-corrected chi connectivity index (χ4v) is 2.05. The number of hydrogen-bond donors (Lipinski definition) is 0. The quantitative estimate of drug-likeness (QED) is 0.795. The van der Waals surface area contributed by atoms with E-state index in [0.717, 1.165) is 12.0 Å². The molecule has 0 saturated carbocycles. The second kappa shape index (κ2) is 6.75. The summed E-state index contributed by atoms with van der Waals surface area (Å²) in [4.78, 5) is 23.8. The lowest BCUT2D eigenvalue weighted by Gasteiger charge is -2.26. The number of ether oxygens (including phenoxy) is 1. The van der Waals surface area contributed by atoms with Crippen molar-refractivity contribution >= 4 is 12.0 Å². The SMILES string of the molecule is C/C=C/C(=O)N1CCCN1C(=O)OCc1ccccc1. The highest BCUT2D eigenvalue weighted by molar-refractivity contribution is 5.89. The first-order valence-corrected chi connectivity index (χ1v) is 6.64. The van der Waals surface area contributed by atoms with Crippen molar-refractivity contribution < 1.29 is 14.3 Å². The third kappa shape index (κ3) is 3.38. The van der Waals surface area contributed by atoms with Gasteiger partial charge in [-0.1, -0.05) is 36.4 Å². The first kappa shape index (κ1) is 14.1. The van der Waals surface area contributed by atoms with Gasteiger partial charge in [0.1, 0.15) is 6.61 Å². The van der Waals surface area contributed by atoms with Crippen molar-refractivity contribution in [2.24, 2.45) is 0 Å². The van der Waals surface area contributed by atoms with Crippen LogP contribution in [-0.4, -0.2) is 35.1 Å². The Balaban J connectivity index is 1.93. The van der Waals surface area contributed by atoms with Crippen molar-refractivity contribution in [2.45, 2.75) is 20.0 Å². The number of hydrogen-bond acceptors (Lipinski definition) is 3. The van der Waals surface area contributed by atoms with E-state index in [9.17, 15) is 9.59 Å². The summed E-state index contributed by atoms with van der Waals surface area (Å²) in [6.45, 7) is 3.04. The van der Waals surface area contributed by atoms with Gasteiger partial charge in [0.15, 0.2) is 0 Å². The van der Waals surface area contributed by atoms with Crippen LogP contribution in [0.1, 0.15) is 18.9 Å². The van der Waals surface area contributed by atoms with Crippen molar-refractivity contribution in [3.8, 4) is 0 Å². The van der Waals surface area contributed by atoms with Gasteiger partial charge in [-0.25, -0.2) is 14.8 Å². The molecule has 106 valence electrons. The Bertz CT molecular complexity index is 499. The van der Waals surface area contributed by atoms with E-state index in [1.807, 2.05) is 30.3 Å². The number of hydrazine groups is 1. The predicted octanol–water partition coefficient (Wildman–Crippen LogP) is 2.35. The highest BCUT2D eigenvalue weighted by atomic mass is 16.6. The second-order valence-corrected chi connectivity index (χ2v) is 4.48. The van der Waals surface area contributed by atoms with Crippen molar-refractivity contribution in [3.63, 3.8) is 0 Å². The molecular weight excluding hydrogens is 256 g/mol. The maximum absolute atomic E-state index is 12.0. The first-order valence-electron chi connectivity index (χ1n) is 6.64. The van der Waals surface area contributed by atoms with Crippen LogP contribution < -0.4 is 0 Å². The molecule has 0 N–H and O–H groups in total. The van der Waals surface area contributed by atoms with Crippen LogP contribution in [0.15, 0.2) is 42.5 Å². The van der Waals surface area contributed by atoms with Crippen LogP contribution >= 0.6 is 0 Å². The Morgan fingerprint density at radius 1 is 1.20 bits per heavy atom. The average Bonchev–Trinajstić information content (AvgIpc) is 2.96. The van der Waals surface area contributed by atoms with Crippen LogP contribution in [0.3, 0.4) is 0 Å². The van der Waals surface area contributed by atoms with Crippen LogP contribution in [0.25, 0.3) is 0 Å². The van der Waals surface area contributed by atoms with Crippen LogP contribution in [0.2, 0.25) is 0 Å². The maximum atomic E-state index is 12.0. The molecule has 0 aromatic heterocycles. The fraction of sp³-hybridized carbons (Fsp3) is 0.333. The van der Waals surface area contributed by atoms with Crippen molar-refractivity contribution in [2.75, 3.05) is 13.1 Å². The molecule has 1 aliphatic rings. The molecule has 0 radical (unpaired) electrons. The summed E-state index contributed by atoms with van der Waals surface area (Å²) in [6.07, 6.45) is 3.39. The summed E-state index contributed by atoms with van der Waals surface area (Å²) < 4.78 is 5.24. The van der Waals surface area contributed by atoms with Crippen LogP contribution in [0.4, 0.5) is 4.79 Å². The number of carbonyl (C=O) groups excluding carboxylic acids is 2. The van der Waals surface area contributed by atoms with Gasteiger partial charge in [0.25, 0.3) is 5.91 Å². The largest absolute Gasteiger partial charge is 0.443 e. The molecule has 5 nitrogen and oxygen atoms in total. The molecule has 1 heterocycles. The van der Waals surface area contributed by atoms with Crippen molar-refractivity contribution in [3.05, 3.63) is 48.0 Å². The number of carbonyl (C=O) groups is 2. The zero-order chi connectivity index (χ0) is 14.4. The van der Waals surface area contributed by atoms with E-state index in [0.29, 0.717) is 13.1 Å². The smallest absolute Gasteiger partial charge is 0.429 e. The molecular formula is C15H18N2O3. The average molecular weight is 274 g/mol. The molecule has 0 spiro atoms. The molecule has 0 bridgehead atoms. The maximum Gasteiger partial charge on any atom is 0.429 e. The molecule has 1 fully saturated rings. The lowest BCUT2D eigenvalue weighted by molar-refractivity contribution is -0.136. The van der Waals surface area contributed by atoms with E-state index < -0.39 is 6.09 Å². The summed E-state index contributed by atoms with van der Waals surface area (Å²) in [6, 6.07) is 9.46. The Hall–Kier alpha value is -2.30. The van der Waals surface area contributed by atoms with Crippen LogP contribution in [0, 0.1) is 0 Å². The van der Waals surface area contributed by atoms with Crippen molar-refractivity contribution in [1.82, 2.24) is 10.0 Å². The van der Waals surface area contributed by atoms with E-state index >= 15 is 0 Å². The number of benzene rings is 1. The Labute approximate surface area is 118 Å². The summed E-state index contributed by atoms with van der Waals surface area (Å²) >= 11 is 0. The third-order valence-corrected chi connectivity index (χ3v) is 3.01. The predicted molar refractivity (Wildman–Crippen MR) is 74.5 cm³/mol. The highest BCUT2D eigenvalue weighted by Crippen LogP contribution is 2.13. The minimum absolute atomic E-state index is 0.193.